The molecular weight excluding hydrogens is 251 g/mol. The third kappa shape index (κ3) is 3.44. The topological polar surface area (TPSA) is 15.3 Å². The van der Waals surface area contributed by atoms with E-state index >= 15 is 0 Å². The molecule has 0 heterocycles. The predicted octanol–water partition coefficient (Wildman–Crippen LogP) is 3.05. The first-order chi connectivity index (χ1) is 8.59. The highest BCUT2D eigenvalue weighted by Gasteiger charge is 2.28. The van der Waals surface area contributed by atoms with Crippen molar-refractivity contribution in [3.05, 3.63) is 34.6 Å². The summed E-state index contributed by atoms with van der Waals surface area (Å²) in [6, 6.07) is 6.19. The van der Waals surface area contributed by atoms with Crippen LogP contribution in [0.2, 0.25) is 5.02 Å². The van der Waals surface area contributed by atoms with Crippen LogP contribution in [0, 0.1) is 5.82 Å². The second-order valence-electron chi connectivity index (χ2n) is 5.09. The van der Waals surface area contributed by atoms with E-state index in [2.05, 4.69) is 24.2 Å². The van der Waals surface area contributed by atoms with Crippen LogP contribution in [0.5, 0.6) is 0 Å². The molecule has 1 aromatic carbocycles. The molecule has 1 atom stereocenters. The van der Waals surface area contributed by atoms with E-state index in [1.54, 1.807) is 6.07 Å². The van der Waals surface area contributed by atoms with Crippen LogP contribution in [0.25, 0.3) is 0 Å². The van der Waals surface area contributed by atoms with E-state index in [4.69, 9.17) is 11.6 Å². The average Bonchev–Trinajstić information content (AvgIpc) is 3.17. The maximum Gasteiger partial charge on any atom is 0.142 e. The lowest BCUT2D eigenvalue weighted by molar-refractivity contribution is 0.241. The van der Waals surface area contributed by atoms with Crippen LogP contribution in [-0.2, 0) is 6.54 Å². The van der Waals surface area contributed by atoms with Crippen LogP contribution in [0.4, 0.5) is 4.39 Å². The molecular formula is C14H20ClFN2. The standard InChI is InChI=1S/C14H20ClFN2/c1-10(18(2)12-6-7-12)8-17-9-11-4-3-5-13(16)14(11)15/h3-5,10,12,17H,6-9H2,1-2H3. The fourth-order valence-corrected chi connectivity index (χ4v) is 2.28. The molecule has 4 heteroatoms. The molecule has 1 saturated carbocycles. The molecule has 2 rings (SSSR count). The van der Waals surface area contributed by atoms with Crippen molar-refractivity contribution < 1.29 is 4.39 Å². The summed E-state index contributed by atoms with van der Waals surface area (Å²) >= 11 is 5.91. The van der Waals surface area contributed by atoms with Crippen LogP contribution in [0.3, 0.4) is 0 Å². The van der Waals surface area contributed by atoms with Gasteiger partial charge in [0.15, 0.2) is 0 Å². The smallest absolute Gasteiger partial charge is 0.142 e. The highest BCUT2D eigenvalue weighted by atomic mass is 35.5. The van der Waals surface area contributed by atoms with Gasteiger partial charge in [0.05, 0.1) is 5.02 Å². The summed E-state index contributed by atoms with van der Waals surface area (Å²) in [5, 5.41) is 3.57. The zero-order valence-corrected chi connectivity index (χ0v) is 11.7. The summed E-state index contributed by atoms with van der Waals surface area (Å²) in [6.07, 6.45) is 2.63. The summed E-state index contributed by atoms with van der Waals surface area (Å²) in [6.45, 7) is 3.71. The summed E-state index contributed by atoms with van der Waals surface area (Å²) in [7, 11) is 2.17. The number of nitrogens with one attached hydrogen (secondary N) is 1. The summed E-state index contributed by atoms with van der Waals surface area (Å²) in [4.78, 5) is 2.40. The predicted molar refractivity (Wildman–Crippen MR) is 73.4 cm³/mol. The number of hydrogen-bond acceptors (Lipinski definition) is 2. The highest BCUT2D eigenvalue weighted by Crippen LogP contribution is 2.26. The van der Waals surface area contributed by atoms with Gasteiger partial charge in [-0.25, -0.2) is 4.39 Å². The molecule has 100 valence electrons. The van der Waals surface area contributed by atoms with E-state index in [0.29, 0.717) is 12.6 Å². The van der Waals surface area contributed by atoms with Gasteiger partial charge in [0, 0.05) is 25.2 Å². The fourth-order valence-electron chi connectivity index (χ4n) is 2.09. The second kappa shape index (κ2) is 6.00. The van der Waals surface area contributed by atoms with Crippen molar-refractivity contribution in [3.63, 3.8) is 0 Å². The number of benzene rings is 1. The number of likely N-dealkylation sites (N-methyl/N-ethyl adjacent to an activating group) is 1. The van der Waals surface area contributed by atoms with Crippen molar-refractivity contribution in [3.8, 4) is 0 Å². The molecule has 1 aromatic rings. The van der Waals surface area contributed by atoms with Gasteiger partial charge in [0.25, 0.3) is 0 Å². The lowest BCUT2D eigenvalue weighted by Crippen LogP contribution is -2.38. The molecule has 0 aliphatic heterocycles. The molecule has 1 aliphatic carbocycles. The Morgan fingerprint density at radius 2 is 2.22 bits per heavy atom. The molecule has 1 N–H and O–H groups in total. The first-order valence-electron chi connectivity index (χ1n) is 6.45. The summed E-state index contributed by atoms with van der Waals surface area (Å²) < 4.78 is 13.2. The largest absolute Gasteiger partial charge is 0.311 e. The molecule has 1 aliphatic rings. The van der Waals surface area contributed by atoms with Crippen molar-refractivity contribution in [2.24, 2.45) is 0 Å². The van der Waals surface area contributed by atoms with Gasteiger partial charge in [-0.2, -0.15) is 0 Å². The van der Waals surface area contributed by atoms with Gasteiger partial charge in [-0.05, 0) is 38.4 Å². The van der Waals surface area contributed by atoms with Gasteiger partial charge < -0.3 is 5.32 Å². The van der Waals surface area contributed by atoms with Crippen LogP contribution in [0.15, 0.2) is 18.2 Å². The number of hydrogen-bond donors (Lipinski definition) is 1. The molecule has 0 radical (unpaired) electrons. The molecule has 1 fully saturated rings. The third-order valence-electron chi connectivity index (χ3n) is 3.60. The van der Waals surface area contributed by atoms with E-state index in [0.717, 1.165) is 18.2 Å². The van der Waals surface area contributed by atoms with Gasteiger partial charge >= 0.3 is 0 Å². The molecule has 0 bridgehead atoms. The minimum atomic E-state index is -0.348. The number of rotatable bonds is 6. The van der Waals surface area contributed by atoms with Crippen molar-refractivity contribution in [2.75, 3.05) is 13.6 Å². The van der Waals surface area contributed by atoms with Crippen molar-refractivity contribution in [1.29, 1.82) is 0 Å². The lowest BCUT2D eigenvalue weighted by atomic mass is 10.2. The minimum absolute atomic E-state index is 0.230. The van der Waals surface area contributed by atoms with E-state index < -0.39 is 0 Å². The lowest BCUT2D eigenvalue weighted by Gasteiger charge is -2.24. The van der Waals surface area contributed by atoms with Crippen molar-refractivity contribution in [1.82, 2.24) is 10.2 Å². The van der Waals surface area contributed by atoms with Gasteiger partial charge in [-0.1, -0.05) is 23.7 Å². The normalized spacial score (nSPS) is 17.2. The molecule has 0 amide bonds. The molecule has 2 nitrogen and oxygen atoms in total. The van der Waals surface area contributed by atoms with E-state index in [9.17, 15) is 4.39 Å². The van der Waals surface area contributed by atoms with Crippen molar-refractivity contribution >= 4 is 11.6 Å². The Balaban J connectivity index is 1.79. The zero-order chi connectivity index (χ0) is 13.1. The zero-order valence-electron chi connectivity index (χ0n) is 10.9. The van der Waals surface area contributed by atoms with Crippen LogP contribution in [-0.4, -0.2) is 30.6 Å². The Hall–Kier alpha value is -0.640. The second-order valence-corrected chi connectivity index (χ2v) is 5.47. The summed E-state index contributed by atoms with van der Waals surface area (Å²) in [5.41, 5.74) is 0.818. The Morgan fingerprint density at radius 1 is 1.50 bits per heavy atom. The van der Waals surface area contributed by atoms with Crippen LogP contribution in [0.1, 0.15) is 25.3 Å². The quantitative estimate of drug-likeness (QED) is 0.855. The number of nitrogens with zero attached hydrogens (tertiary/aromatic N) is 1. The molecule has 0 aromatic heterocycles. The monoisotopic (exact) mass is 270 g/mol. The average molecular weight is 271 g/mol. The van der Waals surface area contributed by atoms with Gasteiger partial charge in [0.2, 0.25) is 0 Å². The maximum atomic E-state index is 13.2. The van der Waals surface area contributed by atoms with E-state index in [1.807, 2.05) is 6.07 Å². The fraction of sp³-hybridized carbons (Fsp3) is 0.571. The first kappa shape index (κ1) is 13.8. The maximum absolute atomic E-state index is 13.2. The Kier molecular flexibility index (Phi) is 4.60. The molecule has 0 saturated heterocycles. The van der Waals surface area contributed by atoms with E-state index in [-0.39, 0.29) is 10.8 Å². The van der Waals surface area contributed by atoms with E-state index in [1.165, 1.54) is 18.9 Å². The van der Waals surface area contributed by atoms with Gasteiger partial charge in [-0.3, -0.25) is 4.90 Å². The molecule has 18 heavy (non-hydrogen) atoms. The SMILES string of the molecule is CC(CNCc1cccc(F)c1Cl)N(C)C1CC1. The molecule has 0 spiro atoms. The summed E-state index contributed by atoms with van der Waals surface area (Å²) in [5.74, 6) is -0.348. The minimum Gasteiger partial charge on any atom is -0.311 e. The highest BCUT2D eigenvalue weighted by molar-refractivity contribution is 6.31. The van der Waals surface area contributed by atoms with Crippen LogP contribution >= 0.6 is 11.6 Å². The Morgan fingerprint density at radius 3 is 2.89 bits per heavy atom. The van der Waals surface area contributed by atoms with Crippen LogP contribution < -0.4 is 5.32 Å². The van der Waals surface area contributed by atoms with Crippen molar-refractivity contribution in [2.45, 2.75) is 38.4 Å². The Bertz CT molecular complexity index is 407. The van der Waals surface area contributed by atoms with Gasteiger partial charge in [-0.15, -0.1) is 0 Å². The first-order valence-corrected chi connectivity index (χ1v) is 6.83. The van der Waals surface area contributed by atoms with Gasteiger partial charge in [0.1, 0.15) is 5.82 Å². The number of halogens is 2. The third-order valence-corrected chi connectivity index (χ3v) is 4.03. The molecule has 1 unspecified atom stereocenters. The Labute approximate surface area is 113 Å².